The summed E-state index contributed by atoms with van der Waals surface area (Å²) < 4.78 is 0. The number of amidine groups is 2. The molecule has 112 valence electrons. The molecule has 2 aromatic rings. The summed E-state index contributed by atoms with van der Waals surface area (Å²) in [5.74, 6) is 0.684. The third-order valence-corrected chi connectivity index (χ3v) is 4.71. The largest absolute Gasteiger partial charge is 0.383 e. The van der Waals surface area contributed by atoms with E-state index >= 15 is 0 Å². The Hall–Kier alpha value is -2.07. The normalized spacial score (nSPS) is 14.0. The number of benzene rings is 2. The SMILES string of the molecule is CC(C)(C)c1ccc(Sc2ccc3c(c2)C(=N)N=C3N)cc1. The van der Waals surface area contributed by atoms with Gasteiger partial charge in [0.2, 0.25) is 0 Å². The summed E-state index contributed by atoms with van der Waals surface area (Å²) in [4.78, 5) is 6.29. The van der Waals surface area contributed by atoms with Crippen molar-refractivity contribution in [2.24, 2.45) is 10.7 Å². The second kappa shape index (κ2) is 5.29. The van der Waals surface area contributed by atoms with Crippen molar-refractivity contribution in [1.29, 1.82) is 5.41 Å². The summed E-state index contributed by atoms with van der Waals surface area (Å²) in [6, 6.07) is 14.6. The van der Waals surface area contributed by atoms with Crippen LogP contribution in [0.15, 0.2) is 57.2 Å². The molecule has 4 heteroatoms. The third-order valence-electron chi connectivity index (χ3n) is 3.71. The van der Waals surface area contributed by atoms with E-state index in [2.05, 4.69) is 50.0 Å². The van der Waals surface area contributed by atoms with Gasteiger partial charge < -0.3 is 5.73 Å². The molecule has 0 bridgehead atoms. The van der Waals surface area contributed by atoms with Gasteiger partial charge in [0.15, 0.2) is 5.84 Å². The van der Waals surface area contributed by atoms with Gasteiger partial charge in [0.25, 0.3) is 0 Å². The fourth-order valence-electron chi connectivity index (χ4n) is 2.41. The maximum absolute atomic E-state index is 7.86. The fourth-order valence-corrected chi connectivity index (χ4v) is 3.26. The maximum atomic E-state index is 7.86. The number of hydrogen-bond donors (Lipinski definition) is 2. The predicted octanol–water partition coefficient (Wildman–Crippen LogP) is 4.18. The second-order valence-electron chi connectivity index (χ2n) is 6.43. The highest BCUT2D eigenvalue weighted by molar-refractivity contribution is 7.99. The number of nitrogens with zero attached hydrogens (tertiary/aromatic N) is 1. The van der Waals surface area contributed by atoms with Gasteiger partial charge in [-0.1, -0.05) is 44.7 Å². The standard InChI is InChI=1S/C18H19N3S/c1-18(2,3)11-4-6-12(7-5-11)22-13-8-9-14-15(10-13)17(20)21-16(14)19/h4-10H,1-3H3,(H3,19,20,21). The molecular formula is C18H19N3S. The van der Waals surface area contributed by atoms with Gasteiger partial charge >= 0.3 is 0 Å². The highest BCUT2D eigenvalue weighted by Gasteiger charge is 2.19. The minimum atomic E-state index is 0.167. The van der Waals surface area contributed by atoms with Crippen LogP contribution in [0, 0.1) is 5.41 Å². The van der Waals surface area contributed by atoms with Crippen LogP contribution < -0.4 is 5.73 Å². The van der Waals surface area contributed by atoms with Crippen LogP contribution in [0.2, 0.25) is 0 Å². The minimum absolute atomic E-state index is 0.167. The molecule has 0 amide bonds. The van der Waals surface area contributed by atoms with Crippen molar-refractivity contribution >= 4 is 23.4 Å². The average Bonchev–Trinajstić information content (AvgIpc) is 2.73. The molecule has 3 rings (SSSR count). The Morgan fingerprint density at radius 2 is 1.59 bits per heavy atom. The molecular weight excluding hydrogens is 290 g/mol. The molecule has 2 aromatic carbocycles. The summed E-state index contributed by atoms with van der Waals surface area (Å²) in [6.45, 7) is 6.64. The van der Waals surface area contributed by atoms with E-state index in [-0.39, 0.29) is 11.3 Å². The lowest BCUT2D eigenvalue weighted by atomic mass is 9.87. The van der Waals surface area contributed by atoms with E-state index in [9.17, 15) is 0 Å². The van der Waals surface area contributed by atoms with Gasteiger partial charge in [-0.05, 0) is 41.3 Å². The van der Waals surface area contributed by atoms with Crippen LogP contribution in [0.4, 0.5) is 0 Å². The molecule has 3 N–H and O–H groups in total. The first-order valence-corrected chi connectivity index (χ1v) is 8.02. The van der Waals surface area contributed by atoms with E-state index in [0.717, 1.165) is 16.0 Å². The first kappa shape index (κ1) is 14.9. The Morgan fingerprint density at radius 3 is 2.23 bits per heavy atom. The Morgan fingerprint density at radius 1 is 0.955 bits per heavy atom. The molecule has 0 atom stereocenters. The van der Waals surface area contributed by atoms with E-state index in [1.165, 1.54) is 10.5 Å². The van der Waals surface area contributed by atoms with Crippen molar-refractivity contribution in [1.82, 2.24) is 0 Å². The van der Waals surface area contributed by atoms with Crippen molar-refractivity contribution in [3.8, 4) is 0 Å². The Balaban J connectivity index is 1.83. The average molecular weight is 309 g/mol. The van der Waals surface area contributed by atoms with E-state index in [4.69, 9.17) is 11.1 Å². The van der Waals surface area contributed by atoms with Gasteiger partial charge in [0.05, 0.1) is 0 Å². The van der Waals surface area contributed by atoms with Crippen LogP contribution in [0.5, 0.6) is 0 Å². The fraction of sp³-hybridized carbons (Fsp3) is 0.222. The summed E-state index contributed by atoms with van der Waals surface area (Å²) in [7, 11) is 0. The molecule has 0 unspecified atom stereocenters. The zero-order valence-electron chi connectivity index (χ0n) is 13.0. The van der Waals surface area contributed by atoms with Crippen LogP contribution in [0.25, 0.3) is 0 Å². The Labute approximate surface area is 135 Å². The number of nitrogens with two attached hydrogens (primary N) is 1. The number of aliphatic imine (C=N–C) groups is 1. The molecule has 0 spiro atoms. The highest BCUT2D eigenvalue weighted by atomic mass is 32.2. The number of rotatable bonds is 2. The van der Waals surface area contributed by atoms with Crippen molar-refractivity contribution in [3.63, 3.8) is 0 Å². The topological polar surface area (TPSA) is 62.2 Å². The van der Waals surface area contributed by atoms with Crippen molar-refractivity contribution in [3.05, 3.63) is 59.2 Å². The molecule has 1 aliphatic heterocycles. The quantitative estimate of drug-likeness (QED) is 0.874. The molecule has 1 aliphatic rings. The van der Waals surface area contributed by atoms with E-state index in [1.807, 2.05) is 18.2 Å². The molecule has 0 radical (unpaired) electrons. The zero-order chi connectivity index (χ0) is 15.9. The Kier molecular flexibility index (Phi) is 3.57. The lowest BCUT2D eigenvalue weighted by molar-refractivity contribution is 0.590. The van der Waals surface area contributed by atoms with Crippen LogP contribution in [0.3, 0.4) is 0 Å². The summed E-state index contributed by atoms with van der Waals surface area (Å²) in [5.41, 5.74) is 8.97. The van der Waals surface area contributed by atoms with E-state index < -0.39 is 0 Å². The second-order valence-corrected chi connectivity index (χ2v) is 7.58. The maximum Gasteiger partial charge on any atom is 0.154 e. The smallest absolute Gasteiger partial charge is 0.154 e. The lowest BCUT2D eigenvalue weighted by Gasteiger charge is -2.19. The monoisotopic (exact) mass is 309 g/mol. The number of hydrogen-bond acceptors (Lipinski definition) is 3. The number of nitrogens with one attached hydrogen (secondary N) is 1. The zero-order valence-corrected chi connectivity index (χ0v) is 13.8. The molecule has 3 nitrogen and oxygen atoms in total. The molecule has 0 fully saturated rings. The van der Waals surface area contributed by atoms with Crippen molar-refractivity contribution in [2.45, 2.75) is 36.0 Å². The van der Waals surface area contributed by atoms with Crippen molar-refractivity contribution in [2.75, 3.05) is 0 Å². The first-order valence-electron chi connectivity index (χ1n) is 7.20. The molecule has 22 heavy (non-hydrogen) atoms. The van der Waals surface area contributed by atoms with Crippen LogP contribution in [-0.4, -0.2) is 11.7 Å². The van der Waals surface area contributed by atoms with E-state index in [0.29, 0.717) is 5.84 Å². The molecule has 0 aromatic heterocycles. The van der Waals surface area contributed by atoms with Gasteiger partial charge in [-0.25, -0.2) is 4.99 Å². The minimum Gasteiger partial charge on any atom is -0.383 e. The Bertz CT molecular complexity index is 768. The van der Waals surface area contributed by atoms with Gasteiger partial charge in [0.1, 0.15) is 5.84 Å². The summed E-state index contributed by atoms with van der Waals surface area (Å²) in [5, 5.41) is 7.86. The lowest BCUT2D eigenvalue weighted by Crippen LogP contribution is -2.10. The predicted molar refractivity (Wildman–Crippen MR) is 93.3 cm³/mol. The van der Waals surface area contributed by atoms with Crippen LogP contribution in [0.1, 0.15) is 37.5 Å². The van der Waals surface area contributed by atoms with Crippen molar-refractivity contribution < 1.29 is 0 Å². The van der Waals surface area contributed by atoms with Gasteiger partial charge in [-0.3, -0.25) is 5.41 Å². The molecule has 0 saturated carbocycles. The number of fused-ring (bicyclic) bond motifs is 1. The van der Waals surface area contributed by atoms with E-state index in [1.54, 1.807) is 11.8 Å². The summed E-state index contributed by atoms with van der Waals surface area (Å²) in [6.07, 6.45) is 0. The van der Waals surface area contributed by atoms with Crippen LogP contribution >= 0.6 is 11.8 Å². The van der Waals surface area contributed by atoms with Gasteiger partial charge in [-0.2, -0.15) is 0 Å². The molecule has 0 aliphatic carbocycles. The van der Waals surface area contributed by atoms with Gasteiger partial charge in [0, 0.05) is 20.9 Å². The first-order chi connectivity index (χ1) is 10.3. The van der Waals surface area contributed by atoms with Crippen LogP contribution in [-0.2, 0) is 5.41 Å². The molecule has 1 heterocycles. The highest BCUT2D eigenvalue weighted by Crippen LogP contribution is 2.32. The third kappa shape index (κ3) is 2.79. The summed E-state index contributed by atoms with van der Waals surface area (Å²) >= 11 is 1.69. The van der Waals surface area contributed by atoms with Gasteiger partial charge in [-0.15, -0.1) is 0 Å². The molecule has 0 saturated heterocycles.